The van der Waals surface area contributed by atoms with Crippen molar-refractivity contribution >= 4 is 50.0 Å². The van der Waals surface area contributed by atoms with Crippen molar-refractivity contribution in [1.82, 2.24) is 4.98 Å². The fourth-order valence-corrected chi connectivity index (χ4v) is 5.36. The van der Waals surface area contributed by atoms with E-state index in [0.717, 1.165) is 10.6 Å². The van der Waals surface area contributed by atoms with E-state index in [9.17, 15) is 13.2 Å². The van der Waals surface area contributed by atoms with Gasteiger partial charge in [-0.05, 0) is 42.5 Å². The number of thiophene rings is 1. The number of thiazole rings is 1. The van der Waals surface area contributed by atoms with Crippen LogP contribution in [-0.2, 0) is 21.2 Å². The molecular weight excluding hydrogens is 414 g/mol. The van der Waals surface area contributed by atoms with Gasteiger partial charge in [0, 0.05) is 22.0 Å². The molecule has 0 aliphatic carbocycles. The molecule has 9 heteroatoms. The second-order valence-electron chi connectivity index (χ2n) is 6.28. The molecule has 0 saturated heterocycles. The number of sulfonamides is 1. The summed E-state index contributed by atoms with van der Waals surface area (Å²) >= 11 is 3.12. The largest absolute Gasteiger partial charge is 0.325 e. The number of carbonyl (C=O) groups is 1. The number of hydrogen-bond acceptors (Lipinski definition) is 6. The highest BCUT2D eigenvalue weighted by Crippen LogP contribution is 2.27. The zero-order valence-electron chi connectivity index (χ0n) is 15.6. The summed E-state index contributed by atoms with van der Waals surface area (Å²) < 4.78 is 26.6. The topological polar surface area (TPSA) is 88.2 Å². The van der Waals surface area contributed by atoms with Crippen molar-refractivity contribution in [3.05, 3.63) is 51.7 Å². The van der Waals surface area contributed by atoms with E-state index in [1.807, 2.05) is 29.1 Å². The molecule has 148 valence electrons. The van der Waals surface area contributed by atoms with E-state index in [2.05, 4.69) is 15.0 Å². The Bertz CT molecular complexity index is 1060. The standard InChI is InChI=1S/C19H21N3O3S3/c1-3-9-28(24,25)22-17-6-4-5-16(13(17)2)21-18(23)10-15-12-27-19(20-15)14-7-8-26-11-14/h4-8,11-12,22H,3,9-10H2,1-2H3,(H,21,23). The summed E-state index contributed by atoms with van der Waals surface area (Å²) in [6, 6.07) is 7.15. The molecule has 3 aromatic rings. The summed E-state index contributed by atoms with van der Waals surface area (Å²) in [5.74, 6) is -0.141. The van der Waals surface area contributed by atoms with E-state index in [1.54, 1.807) is 36.5 Å². The van der Waals surface area contributed by atoms with Crippen molar-refractivity contribution in [3.63, 3.8) is 0 Å². The third-order valence-corrected chi connectivity index (χ3v) is 7.11. The number of nitrogens with zero attached hydrogens (tertiary/aromatic N) is 1. The van der Waals surface area contributed by atoms with Gasteiger partial charge in [-0.15, -0.1) is 11.3 Å². The minimum Gasteiger partial charge on any atom is -0.325 e. The molecule has 0 saturated carbocycles. The highest BCUT2D eigenvalue weighted by atomic mass is 32.2. The van der Waals surface area contributed by atoms with Crippen LogP contribution in [0.4, 0.5) is 11.4 Å². The van der Waals surface area contributed by atoms with E-state index in [0.29, 0.717) is 29.1 Å². The van der Waals surface area contributed by atoms with Crippen LogP contribution in [0.5, 0.6) is 0 Å². The number of anilines is 2. The average Bonchev–Trinajstić information content (AvgIpc) is 3.29. The van der Waals surface area contributed by atoms with E-state index in [4.69, 9.17) is 0 Å². The maximum atomic E-state index is 12.4. The third kappa shape index (κ3) is 5.18. The molecule has 2 heterocycles. The van der Waals surface area contributed by atoms with Gasteiger partial charge >= 0.3 is 0 Å². The lowest BCUT2D eigenvalue weighted by atomic mass is 10.1. The Kier molecular flexibility index (Phi) is 6.48. The molecule has 6 nitrogen and oxygen atoms in total. The predicted octanol–water partition coefficient (Wildman–Crippen LogP) is 4.51. The first-order valence-corrected chi connectivity index (χ1v) is 12.2. The van der Waals surface area contributed by atoms with Crippen molar-refractivity contribution < 1.29 is 13.2 Å². The summed E-state index contributed by atoms with van der Waals surface area (Å²) in [5.41, 5.74) is 3.49. The van der Waals surface area contributed by atoms with Crippen molar-refractivity contribution in [2.45, 2.75) is 26.7 Å². The average molecular weight is 436 g/mol. The van der Waals surface area contributed by atoms with Gasteiger partial charge in [-0.3, -0.25) is 9.52 Å². The maximum Gasteiger partial charge on any atom is 0.232 e. The molecule has 28 heavy (non-hydrogen) atoms. The number of amides is 1. The van der Waals surface area contributed by atoms with Gasteiger partial charge in [0.15, 0.2) is 0 Å². The number of benzene rings is 1. The van der Waals surface area contributed by atoms with Crippen LogP contribution in [0.1, 0.15) is 24.6 Å². The van der Waals surface area contributed by atoms with Gasteiger partial charge in [0.1, 0.15) is 5.01 Å². The molecule has 0 bridgehead atoms. The quantitative estimate of drug-likeness (QED) is 0.545. The van der Waals surface area contributed by atoms with Crippen LogP contribution in [0, 0.1) is 6.92 Å². The van der Waals surface area contributed by atoms with Crippen LogP contribution in [-0.4, -0.2) is 25.1 Å². The highest BCUT2D eigenvalue weighted by Gasteiger charge is 2.14. The van der Waals surface area contributed by atoms with E-state index < -0.39 is 10.0 Å². The molecule has 2 aromatic heterocycles. The number of nitrogens with one attached hydrogen (secondary N) is 2. The fourth-order valence-electron chi connectivity index (χ4n) is 2.63. The summed E-state index contributed by atoms with van der Waals surface area (Å²) in [6.07, 6.45) is 0.692. The Labute approximate surface area is 172 Å². The van der Waals surface area contributed by atoms with Gasteiger partial charge in [-0.2, -0.15) is 11.3 Å². The molecule has 1 aromatic carbocycles. The van der Waals surface area contributed by atoms with Crippen molar-refractivity contribution in [3.8, 4) is 10.6 Å². The monoisotopic (exact) mass is 435 g/mol. The molecule has 0 unspecified atom stereocenters. The van der Waals surface area contributed by atoms with E-state index in [1.165, 1.54) is 11.3 Å². The lowest BCUT2D eigenvalue weighted by molar-refractivity contribution is -0.115. The summed E-state index contributed by atoms with van der Waals surface area (Å²) in [6.45, 7) is 3.59. The van der Waals surface area contributed by atoms with Crippen molar-refractivity contribution in [2.24, 2.45) is 0 Å². The molecular formula is C19H21N3O3S3. The maximum absolute atomic E-state index is 12.4. The zero-order chi connectivity index (χ0) is 20.1. The Balaban J connectivity index is 1.68. The second-order valence-corrected chi connectivity index (χ2v) is 9.76. The summed E-state index contributed by atoms with van der Waals surface area (Å²) in [4.78, 5) is 17.0. The third-order valence-electron chi connectivity index (χ3n) is 4.01. The minimum absolute atomic E-state index is 0.0549. The minimum atomic E-state index is -3.39. The normalized spacial score (nSPS) is 11.4. The van der Waals surface area contributed by atoms with Gasteiger partial charge in [0.05, 0.1) is 23.6 Å². The Morgan fingerprint density at radius 3 is 2.68 bits per heavy atom. The van der Waals surface area contributed by atoms with E-state index >= 15 is 0 Å². The fraction of sp³-hybridized carbons (Fsp3) is 0.263. The molecule has 0 aliphatic heterocycles. The molecule has 0 aliphatic rings. The first-order chi connectivity index (χ1) is 13.4. The Morgan fingerprint density at radius 1 is 1.18 bits per heavy atom. The number of rotatable bonds is 8. The SMILES string of the molecule is CCCS(=O)(=O)Nc1cccc(NC(=O)Cc2csc(-c3ccsc3)n2)c1C. The molecule has 1 amide bonds. The lowest BCUT2D eigenvalue weighted by Gasteiger charge is -2.14. The van der Waals surface area contributed by atoms with Crippen LogP contribution in [0.15, 0.2) is 40.4 Å². The van der Waals surface area contributed by atoms with Gasteiger partial charge in [0.2, 0.25) is 15.9 Å². The summed E-state index contributed by atoms with van der Waals surface area (Å²) in [7, 11) is -3.39. The smallest absolute Gasteiger partial charge is 0.232 e. The Hall–Kier alpha value is -2.23. The second kappa shape index (κ2) is 8.85. The number of hydrogen-bond donors (Lipinski definition) is 2. The molecule has 0 spiro atoms. The number of carbonyl (C=O) groups excluding carboxylic acids is 1. The first-order valence-electron chi connectivity index (χ1n) is 8.75. The van der Waals surface area contributed by atoms with Gasteiger partial charge in [0.25, 0.3) is 0 Å². The molecule has 0 fully saturated rings. The van der Waals surface area contributed by atoms with Crippen LogP contribution in [0.2, 0.25) is 0 Å². The molecule has 3 rings (SSSR count). The van der Waals surface area contributed by atoms with Crippen LogP contribution >= 0.6 is 22.7 Å². The van der Waals surface area contributed by atoms with Crippen molar-refractivity contribution in [2.75, 3.05) is 15.8 Å². The van der Waals surface area contributed by atoms with Crippen molar-refractivity contribution in [1.29, 1.82) is 0 Å². The molecule has 0 atom stereocenters. The summed E-state index contributed by atoms with van der Waals surface area (Å²) in [5, 5.41) is 9.65. The predicted molar refractivity (Wildman–Crippen MR) is 117 cm³/mol. The van der Waals surface area contributed by atoms with Crippen LogP contribution in [0.3, 0.4) is 0 Å². The zero-order valence-corrected chi connectivity index (χ0v) is 18.0. The first kappa shape index (κ1) is 20.5. The number of aromatic nitrogens is 1. The van der Waals surface area contributed by atoms with Crippen LogP contribution < -0.4 is 10.0 Å². The van der Waals surface area contributed by atoms with Gasteiger partial charge < -0.3 is 5.32 Å². The molecule has 2 N–H and O–H groups in total. The van der Waals surface area contributed by atoms with Gasteiger partial charge in [-0.25, -0.2) is 13.4 Å². The Morgan fingerprint density at radius 2 is 1.96 bits per heavy atom. The lowest BCUT2D eigenvalue weighted by Crippen LogP contribution is -2.18. The van der Waals surface area contributed by atoms with Gasteiger partial charge in [-0.1, -0.05) is 13.0 Å². The van der Waals surface area contributed by atoms with Crippen LogP contribution in [0.25, 0.3) is 10.6 Å². The van der Waals surface area contributed by atoms with E-state index in [-0.39, 0.29) is 18.1 Å². The molecule has 0 radical (unpaired) electrons. The highest BCUT2D eigenvalue weighted by molar-refractivity contribution is 7.92.